The predicted molar refractivity (Wildman–Crippen MR) is 84.0 cm³/mol. The number of carbonyl (C=O) groups is 1. The molecule has 136 valence electrons. The van der Waals surface area contributed by atoms with Crippen molar-refractivity contribution >= 4 is 17.6 Å². The maximum Gasteiger partial charge on any atom is 0.317 e. The van der Waals surface area contributed by atoms with Gasteiger partial charge in [0.15, 0.2) is 6.29 Å². The average Bonchev–Trinajstić information content (AvgIpc) is 2.53. The fourth-order valence-corrected chi connectivity index (χ4v) is 2.88. The Labute approximate surface area is 141 Å². The summed E-state index contributed by atoms with van der Waals surface area (Å²) in [4.78, 5) is 13.2. The molecule has 23 heavy (non-hydrogen) atoms. The fraction of sp³-hybridized carbons (Fsp3) is 0.929. The van der Waals surface area contributed by atoms with Gasteiger partial charge >= 0.3 is 6.03 Å². The summed E-state index contributed by atoms with van der Waals surface area (Å²) in [6.07, 6.45) is -4.23. The van der Waals surface area contributed by atoms with E-state index in [0.29, 0.717) is 25.4 Å². The van der Waals surface area contributed by atoms with Crippen molar-refractivity contribution in [1.29, 1.82) is 0 Å². The highest BCUT2D eigenvalue weighted by Gasteiger charge is 2.45. The second-order valence-corrected chi connectivity index (χ2v) is 6.29. The van der Waals surface area contributed by atoms with Crippen molar-refractivity contribution in [3.05, 3.63) is 0 Å². The van der Waals surface area contributed by atoms with E-state index in [1.807, 2.05) is 6.92 Å². The van der Waals surface area contributed by atoms with Crippen molar-refractivity contribution in [2.75, 3.05) is 32.6 Å². The van der Waals surface area contributed by atoms with E-state index >= 15 is 0 Å². The second-order valence-electron chi connectivity index (χ2n) is 5.91. The van der Waals surface area contributed by atoms with Gasteiger partial charge in [-0.15, -0.1) is 11.6 Å². The molecule has 0 radical (unpaired) electrons. The molecule has 1 aliphatic rings. The van der Waals surface area contributed by atoms with Crippen LogP contribution in [0.3, 0.4) is 0 Å². The van der Waals surface area contributed by atoms with Gasteiger partial charge in [-0.3, -0.25) is 0 Å². The highest BCUT2D eigenvalue weighted by Crippen LogP contribution is 2.32. The van der Waals surface area contributed by atoms with Crippen LogP contribution < -0.4 is 5.32 Å². The standard InChI is InChI=1S/C14H27ClN2O6/c1-8(3-6-17(2)14(22)16-5-4-15)10-11(19)9(7-18)23-13(21)12(10)20/h8-13,18-21H,3-7H2,1-2H3,(H,16,22)/t8?,9-,10-,11-,12-,13?/m1/s1. The topological polar surface area (TPSA) is 122 Å². The van der Waals surface area contributed by atoms with E-state index in [2.05, 4.69) is 5.32 Å². The number of aliphatic hydroxyl groups excluding tert-OH is 4. The molecule has 2 unspecified atom stereocenters. The molecule has 1 saturated heterocycles. The minimum absolute atomic E-state index is 0.198. The van der Waals surface area contributed by atoms with Crippen molar-refractivity contribution in [3.8, 4) is 0 Å². The van der Waals surface area contributed by atoms with Crippen LogP contribution in [0, 0.1) is 11.8 Å². The van der Waals surface area contributed by atoms with Crippen LogP contribution in [0.25, 0.3) is 0 Å². The fourth-order valence-electron chi connectivity index (χ4n) is 2.78. The van der Waals surface area contributed by atoms with Gasteiger partial charge in [0.25, 0.3) is 0 Å². The summed E-state index contributed by atoms with van der Waals surface area (Å²) in [7, 11) is 1.64. The molecule has 0 saturated carbocycles. The lowest BCUT2D eigenvalue weighted by Crippen LogP contribution is -2.57. The van der Waals surface area contributed by atoms with E-state index in [1.54, 1.807) is 7.05 Å². The number of hydrogen-bond donors (Lipinski definition) is 5. The molecule has 1 fully saturated rings. The molecule has 9 heteroatoms. The zero-order valence-corrected chi connectivity index (χ0v) is 14.2. The largest absolute Gasteiger partial charge is 0.394 e. The Bertz CT molecular complexity index is 375. The Kier molecular flexibility index (Phi) is 8.52. The Morgan fingerprint density at radius 2 is 2.00 bits per heavy atom. The zero-order valence-electron chi connectivity index (χ0n) is 13.4. The number of rotatable bonds is 7. The van der Waals surface area contributed by atoms with E-state index < -0.39 is 37.1 Å². The van der Waals surface area contributed by atoms with Crippen molar-refractivity contribution in [2.45, 2.75) is 37.9 Å². The van der Waals surface area contributed by atoms with E-state index in [1.165, 1.54) is 4.90 Å². The monoisotopic (exact) mass is 354 g/mol. The van der Waals surface area contributed by atoms with E-state index in [-0.39, 0.29) is 11.9 Å². The smallest absolute Gasteiger partial charge is 0.317 e. The van der Waals surface area contributed by atoms with Crippen LogP contribution in [0.2, 0.25) is 0 Å². The van der Waals surface area contributed by atoms with Gasteiger partial charge in [-0.25, -0.2) is 4.79 Å². The third-order valence-electron chi connectivity index (χ3n) is 4.25. The zero-order chi connectivity index (χ0) is 17.6. The second kappa shape index (κ2) is 9.61. The normalized spacial score (nSPS) is 32.4. The van der Waals surface area contributed by atoms with Gasteiger partial charge in [0.05, 0.1) is 12.7 Å². The van der Waals surface area contributed by atoms with E-state index in [4.69, 9.17) is 16.3 Å². The molecule has 0 bridgehead atoms. The van der Waals surface area contributed by atoms with Gasteiger partial charge in [-0.1, -0.05) is 6.92 Å². The molecule has 2 amide bonds. The van der Waals surface area contributed by atoms with Crippen molar-refractivity contribution in [1.82, 2.24) is 10.2 Å². The van der Waals surface area contributed by atoms with Gasteiger partial charge in [0.2, 0.25) is 0 Å². The molecule has 6 atom stereocenters. The number of aliphatic hydroxyl groups is 4. The third kappa shape index (κ3) is 5.44. The lowest BCUT2D eigenvalue weighted by molar-refractivity contribution is -0.280. The van der Waals surface area contributed by atoms with Crippen LogP contribution in [0.1, 0.15) is 13.3 Å². The maximum absolute atomic E-state index is 11.7. The summed E-state index contributed by atoms with van der Waals surface area (Å²) in [6.45, 7) is 2.15. The predicted octanol–water partition coefficient (Wildman–Crippen LogP) is -1.06. The number of amides is 2. The first-order valence-electron chi connectivity index (χ1n) is 7.68. The Morgan fingerprint density at radius 3 is 2.57 bits per heavy atom. The summed E-state index contributed by atoms with van der Waals surface area (Å²) < 4.78 is 4.97. The van der Waals surface area contributed by atoms with Crippen molar-refractivity contribution in [3.63, 3.8) is 0 Å². The average molecular weight is 355 g/mol. The highest BCUT2D eigenvalue weighted by atomic mass is 35.5. The molecule has 0 aromatic rings. The van der Waals surface area contributed by atoms with E-state index in [9.17, 15) is 25.2 Å². The summed E-state index contributed by atoms with van der Waals surface area (Å²) >= 11 is 5.51. The molecule has 5 N–H and O–H groups in total. The quantitative estimate of drug-likeness (QED) is 0.371. The van der Waals surface area contributed by atoms with Gasteiger partial charge in [0.1, 0.15) is 12.2 Å². The Morgan fingerprint density at radius 1 is 1.35 bits per heavy atom. The van der Waals surface area contributed by atoms with Gasteiger partial charge < -0.3 is 35.4 Å². The number of nitrogens with zero attached hydrogens (tertiary/aromatic N) is 1. The lowest BCUT2D eigenvalue weighted by Gasteiger charge is -2.43. The maximum atomic E-state index is 11.7. The first-order valence-corrected chi connectivity index (χ1v) is 8.22. The molecular weight excluding hydrogens is 328 g/mol. The number of hydrogen-bond acceptors (Lipinski definition) is 6. The number of halogens is 1. The summed E-state index contributed by atoms with van der Waals surface area (Å²) in [5.41, 5.74) is 0. The minimum Gasteiger partial charge on any atom is -0.394 e. The number of nitrogens with one attached hydrogen (secondary N) is 1. The number of alkyl halides is 1. The van der Waals surface area contributed by atoms with Crippen molar-refractivity contribution < 1.29 is 30.0 Å². The summed E-state index contributed by atoms with van der Waals surface area (Å²) in [5.74, 6) is -0.525. The minimum atomic E-state index is -1.45. The summed E-state index contributed by atoms with van der Waals surface area (Å²) in [6, 6.07) is -0.251. The van der Waals surface area contributed by atoms with Gasteiger partial charge in [-0.05, 0) is 12.3 Å². The van der Waals surface area contributed by atoms with Crippen LogP contribution in [-0.4, -0.2) is 88.6 Å². The summed E-state index contributed by atoms with van der Waals surface area (Å²) in [5, 5.41) is 41.8. The molecule has 8 nitrogen and oxygen atoms in total. The highest BCUT2D eigenvalue weighted by molar-refractivity contribution is 6.18. The van der Waals surface area contributed by atoms with E-state index in [0.717, 1.165) is 0 Å². The molecular formula is C14H27ClN2O6. The first kappa shape index (κ1) is 20.4. The van der Waals surface area contributed by atoms with Crippen LogP contribution in [-0.2, 0) is 4.74 Å². The van der Waals surface area contributed by atoms with Crippen LogP contribution in [0.4, 0.5) is 4.79 Å². The third-order valence-corrected chi connectivity index (χ3v) is 4.44. The number of carbonyl (C=O) groups excluding carboxylic acids is 1. The molecule has 1 heterocycles. The molecule has 0 aromatic heterocycles. The Balaban J connectivity index is 2.57. The number of urea groups is 1. The van der Waals surface area contributed by atoms with Gasteiger partial charge in [-0.2, -0.15) is 0 Å². The van der Waals surface area contributed by atoms with Crippen molar-refractivity contribution in [2.24, 2.45) is 11.8 Å². The first-order chi connectivity index (χ1) is 10.8. The SMILES string of the molecule is CC(CCN(C)C(=O)NCCCl)[C@@H]1[C@H](O)[C@@H](CO)OC(O)[C@@H]1O. The molecule has 0 spiro atoms. The molecule has 0 aromatic carbocycles. The number of ether oxygens (including phenoxy) is 1. The van der Waals surface area contributed by atoms with Crippen LogP contribution in [0.5, 0.6) is 0 Å². The molecule has 0 aliphatic carbocycles. The lowest BCUT2D eigenvalue weighted by atomic mass is 9.78. The molecule has 1 aliphatic heterocycles. The van der Waals surface area contributed by atoms with Gasteiger partial charge in [0, 0.05) is 31.9 Å². The van der Waals surface area contributed by atoms with Crippen LogP contribution in [0.15, 0.2) is 0 Å². The Hall–Kier alpha value is -0.640. The van der Waals surface area contributed by atoms with Crippen LogP contribution >= 0.6 is 11.6 Å². The molecule has 1 rings (SSSR count).